The van der Waals surface area contributed by atoms with Gasteiger partial charge in [0.25, 0.3) is 5.91 Å². The van der Waals surface area contributed by atoms with E-state index in [0.717, 1.165) is 22.3 Å². The van der Waals surface area contributed by atoms with Gasteiger partial charge in [-0.05, 0) is 48.7 Å². The molecule has 33 heavy (non-hydrogen) atoms. The van der Waals surface area contributed by atoms with Gasteiger partial charge in [0.05, 0.1) is 16.6 Å². The highest BCUT2D eigenvalue weighted by atomic mass is 35.5. The largest absolute Gasteiger partial charge is 0.486 e. The van der Waals surface area contributed by atoms with Crippen LogP contribution in [-0.2, 0) is 17.9 Å². The molecular formula is C26H22Cl2N2O3. The molecule has 5 nitrogen and oxygen atoms in total. The van der Waals surface area contributed by atoms with Crippen LogP contribution < -0.4 is 10.1 Å². The molecule has 3 amide bonds. The van der Waals surface area contributed by atoms with Gasteiger partial charge in [0.15, 0.2) is 5.75 Å². The second-order valence-electron chi connectivity index (χ2n) is 7.96. The van der Waals surface area contributed by atoms with Crippen LogP contribution in [0.5, 0.6) is 5.75 Å². The quantitative estimate of drug-likeness (QED) is 0.333. The third-order valence-electron chi connectivity index (χ3n) is 5.22. The Kier molecular flexibility index (Phi) is 6.72. The predicted molar refractivity (Wildman–Crippen MR) is 130 cm³/mol. The van der Waals surface area contributed by atoms with E-state index in [1.165, 1.54) is 4.90 Å². The smallest absolute Gasteiger partial charge is 0.329 e. The third kappa shape index (κ3) is 5.38. The number of nitrogens with zero attached hydrogens (tertiary/aromatic N) is 1. The number of aryl methyl sites for hydroxylation is 2. The van der Waals surface area contributed by atoms with Gasteiger partial charge in [0, 0.05) is 0 Å². The van der Waals surface area contributed by atoms with Gasteiger partial charge >= 0.3 is 6.03 Å². The van der Waals surface area contributed by atoms with Crippen molar-refractivity contribution in [3.63, 3.8) is 0 Å². The minimum atomic E-state index is -0.470. The van der Waals surface area contributed by atoms with Gasteiger partial charge in [0.2, 0.25) is 0 Å². The van der Waals surface area contributed by atoms with Crippen molar-refractivity contribution in [2.45, 2.75) is 27.0 Å². The lowest BCUT2D eigenvalue weighted by Crippen LogP contribution is -2.30. The van der Waals surface area contributed by atoms with Crippen molar-refractivity contribution in [2.75, 3.05) is 0 Å². The Morgan fingerprint density at radius 1 is 0.909 bits per heavy atom. The maximum absolute atomic E-state index is 12.8. The van der Waals surface area contributed by atoms with Crippen LogP contribution in [0, 0.1) is 13.8 Å². The maximum atomic E-state index is 12.8. The fourth-order valence-electron chi connectivity index (χ4n) is 3.52. The number of halogens is 2. The van der Waals surface area contributed by atoms with E-state index in [1.807, 2.05) is 62.4 Å². The molecule has 1 aliphatic rings. The number of rotatable bonds is 6. The number of hydrogen-bond acceptors (Lipinski definition) is 3. The molecule has 0 spiro atoms. The first kappa shape index (κ1) is 22.9. The molecule has 1 fully saturated rings. The van der Waals surface area contributed by atoms with Crippen molar-refractivity contribution in [2.24, 2.45) is 0 Å². The van der Waals surface area contributed by atoms with E-state index in [-0.39, 0.29) is 12.2 Å². The molecule has 0 saturated carbocycles. The van der Waals surface area contributed by atoms with E-state index < -0.39 is 11.9 Å². The molecule has 7 heteroatoms. The zero-order chi connectivity index (χ0) is 23.5. The lowest BCUT2D eigenvalue weighted by Gasteiger charge is -2.12. The van der Waals surface area contributed by atoms with Gasteiger partial charge in [-0.3, -0.25) is 9.69 Å². The van der Waals surface area contributed by atoms with E-state index in [4.69, 9.17) is 27.9 Å². The van der Waals surface area contributed by atoms with Crippen LogP contribution in [0.3, 0.4) is 0 Å². The fraction of sp³-hybridized carbons (Fsp3) is 0.154. The monoisotopic (exact) mass is 480 g/mol. The first-order valence-electron chi connectivity index (χ1n) is 10.4. The van der Waals surface area contributed by atoms with Gasteiger partial charge in [-0.25, -0.2) is 4.79 Å². The number of amides is 3. The van der Waals surface area contributed by atoms with Crippen molar-refractivity contribution in [3.8, 4) is 5.75 Å². The van der Waals surface area contributed by atoms with Crippen LogP contribution in [0.2, 0.25) is 10.0 Å². The van der Waals surface area contributed by atoms with E-state index in [2.05, 4.69) is 5.32 Å². The topological polar surface area (TPSA) is 58.6 Å². The van der Waals surface area contributed by atoms with Crippen LogP contribution in [0.15, 0.2) is 66.4 Å². The molecule has 0 aromatic heterocycles. The van der Waals surface area contributed by atoms with Crippen molar-refractivity contribution in [1.82, 2.24) is 10.2 Å². The Balaban J connectivity index is 1.49. The molecule has 3 aromatic carbocycles. The average Bonchev–Trinajstić information content (AvgIpc) is 3.02. The molecule has 1 N–H and O–H groups in total. The number of urea groups is 1. The number of nitrogens with one attached hydrogen (secondary N) is 1. The first-order chi connectivity index (χ1) is 15.8. The van der Waals surface area contributed by atoms with Crippen LogP contribution >= 0.6 is 23.2 Å². The minimum Gasteiger partial charge on any atom is -0.486 e. The Hall–Kier alpha value is -3.28. The summed E-state index contributed by atoms with van der Waals surface area (Å²) in [7, 11) is 0. The summed E-state index contributed by atoms with van der Waals surface area (Å²) in [6, 6.07) is 18.5. The van der Waals surface area contributed by atoms with Crippen LogP contribution in [0.4, 0.5) is 4.79 Å². The van der Waals surface area contributed by atoms with Gasteiger partial charge in [0.1, 0.15) is 12.3 Å². The molecule has 0 unspecified atom stereocenters. The van der Waals surface area contributed by atoms with Gasteiger partial charge in [-0.1, -0.05) is 82.9 Å². The number of carbonyl (C=O) groups excluding carboxylic acids is 2. The highest BCUT2D eigenvalue weighted by molar-refractivity contribution is 6.37. The van der Waals surface area contributed by atoms with Gasteiger partial charge in [-0.15, -0.1) is 0 Å². The number of benzene rings is 3. The summed E-state index contributed by atoms with van der Waals surface area (Å²) in [5.74, 6) is -0.0441. The van der Waals surface area contributed by atoms with Crippen LogP contribution in [0.25, 0.3) is 6.08 Å². The molecule has 0 aliphatic carbocycles. The normalized spacial score (nSPS) is 14.7. The third-order valence-corrected chi connectivity index (χ3v) is 5.78. The molecule has 1 saturated heterocycles. The average molecular weight is 481 g/mol. The highest BCUT2D eigenvalue weighted by Gasteiger charge is 2.33. The fourth-order valence-corrected chi connectivity index (χ4v) is 4.13. The second-order valence-corrected chi connectivity index (χ2v) is 8.77. The molecule has 0 bridgehead atoms. The Morgan fingerprint density at radius 3 is 2.27 bits per heavy atom. The molecule has 1 heterocycles. The SMILES string of the molecule is Cc1ccc(CN2C(=O)N/C(=C/c3cc(Cl)c(OCc4cccc(C)c4)c(Cl)c3)C2=O)cc1. The van der Waals surface area contributed by atoms with Crippen molar-refractivity contribution >= 4 is 41.2 Å². The first-order valence-corrected chi connectivity index (χ1v) is 11.1. The van der Waals surface area contributed by atoms with E-state index in [0.29, 0.717) is 28.0 Å². The number of ether oxygens (including phenoxy) is 1. The van der Waals surface area contributed by atoms with Crippen molar-refractivity contribution < 1.29 is 14.3 Å². The molecule has 1 aliphatic heterocycles. The Bertz CT molecular complexity index is 1230. The number of hydrogen-bond donors (Lipinski definition) is 1. The summed E-state index contributed by atoms with van der Waals surface area (Å²) >= 11 is 12.8. The van der Waals surface area contributed by atoms with Crippen molar-refractivity contribution in [1.29, 1.82) is 0 Å². The van der Waals surface area contributed by atoms with Crippen molar-refractivity contribution in [3.05, 3.63) is 104 Å². The Labute approximate surface area is 202 Å². The standard InChI is InChI=1S/C26H22Cl2N2O3/c1-16-6-8-18(9-7-16)14-30-25(31)23(29-26(30)32)13-20-11-21(27)24(22(28)12-20)33-15-19-5-3-4-17(2)10-19/h3-13H,14-15H2,1-2H3,(H,29,32)/b23-13+. The maximum Gasteiger partial charge on any atom is 0.329 e. The van der Waals surface area contributed by atoms with Gasteiger partial charge in [-0.2, -0.15) is 0 Å². The molecule has 4 rings (SSSR count). The molecular weight excluding hydrogens is 459 g/mol. The summed E-state index contributed by atoms with van der Waals surface area (Å²) in [6.07, 6.45) is 1.55. The van der Waals surface area contributed by atoms with E-state index in [9.17, 15) is 9.59 Å². The van der Waals surface area contributed by atoms with Crippen LogP contribution in [0.1, 0.15) is 27.8 Å². The van der Waals surface area contributed by atoms with E-state index >= 15 is 0 Å². The van der Waals surface area contributed by atoms with Gasteiger partial charge < -0.3 is 10.1 Å². The summed E-state index contributed by atoms with van der Waals surface area (Å²) < 4.78 is 5.83. The zero-order valence-electron chi connectivity index (χ0n) is 18.2. The number of carbonyl (C=O) groups is 2. The molecule has 168 valence electrons. The lowest BCUT2D eigenvalue weighted by atomic mass is 10.1. The highest BCUT2D eigenvalue weighted by Crippen LogP contribution is 2.35. The summed E-state index contributed by atoms with van der Waals surface area (Å²) in [6.45, 7) is 4.50. The summed E-state index contributed by atoms with van der Waals surface area (Å²) in [5, 5.41) is 3.25. The molecule has 3 aromatic rings. The Morgan fingerprint density at radius 2 is 1.61 bits per heavy atom. The van der Waals surface area contributed by atoms with E-state index in [1.54, 1.807) is 18.2 Å². The summed E-state index contributed by atoms with van der Waals surface area (Å²) in [4.78, 5) is 26.3. The predicted octanol–water partition coefficient (Wildman–Crippen LogP) is 6.28. The molecule has 0 radical (unpaired) electrons. The lowest BCUT2D eigenvalue weighted by molar-refractivity contribution is -0.123. The minimum absolute atomic E-state index is 0.160. The zero-order valence-corrected chi connectivity index (χ0v) is 19.7. The summed E-state index contributed by atoms with van der Waals surface area (Å²) in [5.41, 5.74) is 4.85. The number of imide groups is 1. The molecule has 0 atom stereocenters. The van der Waals surface area contributed by atoms with Crippen LogP contribution in [-0.4, -0.2) is 16.8 Å². The second kappa shape index (κ2) is 9.69.